The average molecular weight is 365 g/mol. The molecule has 0 radical (unpaired) electrons. The molecule has 0 spiro atoms. The lowest BCUT2D eigenvalue weighted by atomic mass is 9.44. The van der Waals surface area contributed by atoms with E-state index >= 15 is 0 Å². The molecule has 0 saturated heterocycles. The number of aliphatic hydroxyl groups excluding tert-OH is 1. The molecule has 26 heavy (non-hydrogen) atoms. The van der Waals surface area contributed by atoms with Crippen LogP contribution in [0.5, 0.6) is 0 Å². The van der Waals surface area contributed by atoms with Gasteiger partial charge in [0.15, 0.2) is 0 Å². The van der Waals surface area contributed by atoms with Crippen LogP contribution >= 0.6 is 0 Å². The summed E-state index contributed by atoms with van der Waals surface area (Å²) in [6.45, 7) is 6.56. The Morgan fingerprint density at radius 2 is 1.92 bits per heavy atom. The molecule has 4 aliphatic carbocycles. The van der Waals surface area contributed by atoms with Crippen molar-refractivity contribution < 1.29 is 9.84 Å². The van der Waals surface area contributed by atoms with Gasteiger partial charge in [-0.25, -0.2) is 0 Å². The third-order valence-corrected chi connectivity index (χ3v) is 9.41. The van der Waals surface area contributed by atoms with Crippen LogP contribution in [0.25, 0.3) is 0 Å². The molecular formula is C22H40N2O2. The number of hydrogen-bond donors (Lipinski definition) is 3. The molecule has 150 valence electrons. The molecule has 0 aliphatic heterocycles. The molecule has 9 atom stereocenters. The van der Waals surface area contributed by atoms with Gasteiger partial charge >= 0.3 is 0 Å². The minimum absolute atomic E-state index is 0.145. The van der Waals surface area contributed by atoms with Crippen LogP contribution in [0.15, 0.2) is 0 Å². The third-order valence-electron chi connectivity index (χ3n) is 9.41. The fourth-order valence-electron chi connectivity index (χ4n) is 8.15. The smallest absolute Gasteiger partial charge is 0.0582 e. The molecule has 0 aromatic carbocycles. The maximum Gasteiger partial charge on any atom is 0.0582 e. The van der Waals surface area contributed by atoms with Crippen LogP contribution < -0.4 is 11.1 Å². The molecule has 4 nitrogen and oxygen atoms in total. The van der Waals surface area contributed by atoms with Crippen LogP contribution in [0.1, 0.15) is 65.2 Å². The first-order chi connectivity index (χ1) is 12.4. The fourth-order valence-corrected chi connectivity index (χ4v) is 8.15. The standard InChI is InChI=1S/C22H40N2O2/c1-21-9-8-15(26-3)12-14(21)4-5-16-17-6-7-19(24-11-10-23)22(17,2)13-18(25)20(16)21/h14-20,24-25H,4-13,23H2,1-3H3/t14-,15?,16?,17?,18-,19-,20?,21-,22-/m1/s1. The first kappa shape index (κ1) is 19.2. The summed E-state index contributed by atoms with van der Waals surface area (Å²) in [6.07, 6.45) is 10.1. The second-order valence-electron chi connectivity index (χ2n) is 10.4. The van der Waals surface area contributed by atoms with Crippen molar-refractivity contribution >= 4 is 0 Å². The van der Waals surface area contributed by atoms with Crippen molar-refractivity contribution in [3.8, 4) is 0 Å². The number of rotatable bonds is 4. The Morgan fingerprint density at radius 1 is 1.12 bits per heavy atom. The van der Waals surface area contributed by atoms with Crippen LogP contribution in [-0.4, -0.2) is 43.6 Å². The summed E-state index contributed by atoms with van der Waals surface area (Å²) < 4.78 is 5.70. The van der Waals surface area contributed by atoms with Gasteiger partial charge in [-0.15, -0.1) is 0 Å². The summed E-state index contributed by atoms with van der Waals surface area (Å²) >= 11 is 0. The first-order valence-corrected chi connectivity index (χ1v) is 11.1. The highest BCUT2D eigenvalue weighted by Crippen LogP contribution is 2.66. The van der Waals surface area contributed by atoms with E-state index in [2.05, 4.69) is 19.2 Å². The molecule has 4 unspecified atom stereocenters. The van der Waals surface area contributed by atoms with E-state index in [0.29, 0.717) is 35.9 Å². The van der Waals surface area contributed by atoms with Gasteiger partial charge in [0, 0.05) is 26.2 Å². The Morgan fingerprint density at radius 3 is 2.65 bits per heavy atom. The molecule has 0 bridgehead atoms. The Kier molecular flexibility index (Phi) is 5.18. The van der Waals surface area contributed by atoms with E-state index in [1.807, 2.05) is 7.11 Å². The van der Waals surface area contributed by atoms with Crippen molar-refractivity contribution in [2.24, 2.45) is 40.2 Å². The number of nitrogens with two attached hydrogens (primary N) is 1. The van der Waals surface area contributed by atoms with E-state index < -0.39 is 0 Å². The maximum absolute atomic E-state index is 11.4. The van der Waals surface area contributed by atoms with Gasteiger partial charge in [0.2, 0.25) is 0 Å². The molecule has 0 aromatic heterocycles. The van der Waals surface area contributed by atoms with Crippen LogP contribution in [0.4, 0.5) is 0 Å². The molecular weight excluding hydrogens is 324 g/mol. The van der Waals surface area contributed by atoms with E-state index in [4.69, 9.17) is 10.5 Å². The highest BCUT2D eigenvalue weighted by molar-refractivity contribution is 5.13. The zero-order valence-corrected chi connectivity index (χ0v) is 17.0. The van der Waals surface area contributed by atoms with Crippen LogP contribution in [0, 0.1) is 34.5 Å². The lowest BCUT2D eigenvalue weighted by molar-refractivity contribution is -0.176. The fraction of sp³-hybridized carbons (Fsp3) is 1.00. The lowest BCUT2D eigenvalue weighted by Crippen LogP contribution is -2.60. The van der Waals surface area contributed by atoms with Gasteiger partial charge in [0.1, 0.15) is 0 Å². The quantitative estimate of drug-likeness (QED) is 0.717. The SMILES string of the molecule is COC1CC[C@@]2(C)C3C(CC[C@@H]2C1)C1CC[C@@H](NCCN)[C@]1(C)C[C@H]3O. The minimum Gasteiger partial charge on any atom is -0.393 e. The Labute approximate surface area is 159 Å². The van der Waals surface area contributed by atoms with E-state index in [1.54, 1.807) is 0 Å². The number of nitrogens with one attached hydrogen (secondary N) is 1. The number of hydrogen-bond acceptors (Lipinski definition) is 4. The largest absolute Gasteiger partial charge is 0.393 e. The number of fused-ring (bicyclic) bond motifs is 5. The summed E-state index contributed by atoms with van der Waals surface area (Å²) in [5.74, 6) is 2.69. The van der Waals surface area contributed by atoms with Gasteiger partial charge < -0.3 is 20.9 Å². The van der Waals surface area contributed by atoms with Crippen molar-refractivity contribution in [3.63, 3.8) is 0 Å². The molecule has 4 heteroatoms. The maximum atomic E-state index is 11.4. The van der Waals surface area contributed by atoms with Crippen LogP contribution in [0.2, 0.25) is 0 Å². The summed E-state index contributed by atoms with van der Waals surface area (Å²) in [5.41, 5.74) is 6.29. The molecule has 4 fully saturated rings. The second-order valence-corrected chi connectivity index (χ2v) is 10.4. The van der Waals surface area contributed by atoms with E-state index in [-0.39, 0.29) is 11.5 Å². The molecule has 0 amide bonds. The second kappa shape index (κ2) is 7.02. The van der Waals surface area contributed by atoms with Crippen LogP contribution in [0.3, 0.4) is 0 Å². The van der Waals surface area contributed by atoms with E-state index in [0.717, 1.165) is 24.8 Å². The molecule has 4 saturated carbocycles. The number of methoxy groups -OCH3 is 1. The monoisotopic (exact) mass is 364 g/mol. The highest BCUT2D eigenvalue weighted by Gasteiger charge is 2.62. The average Bonchev–Trinajstić information content (AvgIpc) is 2.94. The third kappa shape index (κ3) is 2.78. The summed E-state index contributed by atoms with van der Waals surface area (Å²) in [7, 11) is 1.87. The molecule has 0 aromatic rings. The normalized spacial score (nSPS) is 53.7. The van der Waals surface area contributed by atoms with Crippen molar-refractivity contribution in [2.75, 3.05) is 20.2 Å². The summed E-state index contributed by atoms with van der Waals surface area (Å²) in [4.78, 5) is 0. The van der Waals surface area contributed by atoms with Gasteiger partial charge in [0.25, 0.3) is 0 Å². The van der Waals surface area contributed by atoms with E-state index in [9.17, 15) is 5.11 Å². The Balaban J connectivity index is 1.57. The zero-order valence-electron chi connectivity index (χ0n) is 17.0. The number of ether oxygens (including phenoxy) is 1. The molecule has 4 aliphatic rings. The van der Waals surface area contributed by atoms with E-state index in [1.165, 1.54) is 44.9 Å². The van der Waals surface area contributed by atoms with Gasteiger partial charge in [-0.05, 0) is 85.9 Å². The highest BCUT2D eigenvalue weighted by atomic mass is 16.5. The molecule has 4 rings (SSSR count). The lowest BCUT2D eigenvalue weighted by Gasteiger charge is -2.62. The van der Waals surface area contributed by atoms with Gasteiger partial charge in [0.05, 0.1) is 12.2 Å². The zero-order chi connectivity index (χ0) is 18.5. The van der Waals surface area contributed by atoms with Gasteiger partial charge in [-0.1, -0.05) is 13.8 Å². The minimum atomic E-state index is -0.145. The van der Waals surface area contributed by atoms with Crippen LogP contribution in [-0.2, 0) is 4.74 Å². The first-order valence-electron chi connectivity index (χ1n) is 11.1. The Hall–Kier alpha value is -0.160. The van der Waals surface area contributed by atoms with Crippen molar-refractivity contribution in [1.82, 2.24) is 5.32 Å². The van der Waals surface area contributed by atoms with Crippen molar-refractivity contribution in [2.45, 2.75) is 83.5 Å². The van der Waals surface area contributed by atoms with Gasteiger partial charge in [-0.2, -0.15) is 0 Å². The molecule has 0 heterocycles. The van der Waals surface area contributed by atoms with Gasteiger partial charge in [-0.3, -0.25) is 0 Å². The number of aliphatic hydroxyl groups is 1. The Bertz CT molecular complexity index is 514. The van der Waals surface area contributed by atoms with Crippen molar-refractivity contribution in [3.05, 3.63) is 0 Å². The van der Waals surface area contributed by atoms with Crippen molar-refractivity contribution in [1.29, 1.82) is 0 Å². The summed E-state index contributed by atoms with van der Waals surface area (Å²) in [6, 6.07) is 0.529. The predicted molar refractivity (Wildman–Crippen MR) is 105 cm³/mol. The topological polar surface area (TPSA) is 67.5 Å². The summed E-state index contributed by atoms with van der Waals surface area (Å²) in [5, 5.41) is 15.1. The predicted octanol–water partition coefficient (Wildman–Crippen LogP) is 2.93. The molecule has 4 N–H and O–H groups in total.